The van der Waals surface area contributed by atoms with Crippen molar-refractivity contribution in [3.8, 4) is 0 Å². The first kappa shape index (κ1) is 13.7. The Morgan fingerprint density at radius 2 is 2.06 bits per heavy atom. The molecule has 96 valence electrons. The van der Waals surface area contributed by atoms with E-state index in [0.29, 0.717) is 6.42 Å². The van der Waals surface area contributed by atoms with Crippen molar-refractivity contribution in [3.05, 3.63) is 18.2 Å². The fourth-order valence-corrected chi connectivity index (χ4v) is 1.75. The van der Waals surface area contributed by atoms with Crippen LogP contribution >= 0.6 is 0 Å². The van der Waals surface area contributed by atoms with Crippen LogP contribution < -0.4 is 5.32 Å². The van der Waals surface area contributed by atoms with E-state index in [-0.39, 0.29) is 5.91 Å². The topological polar surface area (TPSA) is 57.8 Å². The number of aromatic amines is 1. The number of hydrogen-bond donors (Lipinski definition) is 2. The fraction of sp³-hybridized carbons (Fsp3) is 0.692. The highest BCUT2D eigenvalue weighted by atomic mass is 16.1. The third kappa shape index (κ3) is 6.76. The Morgan fingerprint density at radius 1 is 1.29 bits per heavy atom. The molecule has 4 heteroatoms. The molecule has 0 aromatic carbocycles. The predicted octanol–water partition coefficient (Wildman–Crippen LogP) is 2.43. The van der Waals surface area contributed by atoms with Crippen LogP contribution in [0.4, 0.5) is 0 Å². The number of nitrogens with zero attached hydrogens (tertiary/aromatic N) is 1. The summed E-state index contributed by atoms with van der Waals surface area (Å²) in [7, 11) is 0. The first-order chi connectivity index (χ1) is 8.33. The van der Waals surface area contributed by atoms with Crippen molar-refractivity contribution in [3.63, 3.8) is 0 Å². The van der Waals surface area contributed by atoms with E-state index in [0.717, 1.165) is 18.7 Å². The van der Waals surface area contributed by atoms with Crippen molar-refractivity contribution < 1.29 is 4.79 Å². The Morgan fingerprint density at radius 3 is 2.76 bits per heavy atom. The molecule has 17 heavy (non-hydrogen) atoms. The number of hydrogen-bond acceptors (Lipinski definition) is 2. The Labute approximate surface area is 103 Å². The maximum absolute atomic E-state index is 11.5. The summed E-state index contributed by atoms with van der Waals surface area (Å²) in [6.45, 7) is 3.01. The van der Waals surface area contributed by atoms with E-state index in [4.69, 9.17) is 0 Å². The first-order valence-corrected chi connectivity index (χ1v) is 6.57. The lowest BCUT2D eigenvalue weighted by atomic mass is 10.1. The van der Waals surface area contributed by atoms with Crippen molar-refractivity contribution in [2.24, 2.45) is 0 Å². The van der Waals surface area contributed by atoms with Gasteiger partial charge in [-0.15, -0.1) is 0 Å². The van der Waals surface area contributed by atoms with Gasteiger partial charge in [-0.1, -0.05) is 39.0 Å². The van der Waals surface area contributed by atoms with Crippen LogP contribution in [0.2, 0.25) is 0 Å². The zero-order valence-corrected chi connectivity index (χ0v) is 10.7. The maximum Gasteiger partial charge on any atom is 0.225 e. The van der Waals surface area contributed by atoms with Crippen LogP contribution in [0.25, 0.3) is 0 Å². The molecule has 1 rings (SSSR count). The minimum absolute atomic E-state index is 0.0720. The van der Waals surface area contributed by atoms with Crippen molar-refractivity contribution in [2.75, 3.05) is 6.54 Å². The number of rotatable bonds is 9. The van der Waals surface area contributed by atoms with Crippen molar-refractivity contribution in [1.29, 1.82) is 0 Å². The number of nitrogens with one attached hydrogen (secondary N) is 2. The molecule has 4 nitrogen and oxygen atoms in total. The Bertz CT molecular complexity index is 296. The normalized spacial score (nSPS) is 10.4. The minimum Gasteiger partial charge on any atom is -0.356 e. The van der Waals surface area contributed by atoms with E-state index in [1.165, 1.54) is 32.1 Å². The number of imidazole rings is 1. The number of aromatic nitrogens is 2. The van der Waals surface area contributed by atoms with Crippen LogP contribution in [0.3, 0.4) is 0 Å². The number of unbranched alkanes of at least 4 members (excludes halogenated alkanes) is 5. The van der Waals surface area contributed by atoms with E-state index in [2.05, 4.69) is 22.2 Å². The molecular formula is C13H23N3O. The number of H-pyrrole nitrogens is 1. The third-order valence-electron chi connectivity index (χ3n) is 2.76. The van der Waals surface area contributed by atoms with E-state index >= 15 is 0 Å². The molecule has 0 radical (unpaired) electrons. The zero-order chi connectivity index (χ0) is 12.3. The number of amides is 1. The van der Waals surface area contributed by atoms with Gasteiger partial charge in [0, 0.05) is 18.4 Å². The first-order valence-electron chi connectivity index (χ1n) is 6.57. The van der Waals surface area contributed by atoms with Crippen molar-refractivity contribution >= 4 is 5.91 Å². The average Bonchev–Trinajstić information content (AvgIpc) is 2.80. The molecule has 2 N–H and O–H groups in total. The lowest BCUT2D eigenvalue weighted by molar-refractivity contribution is -0.120. The quantitative estimate of drug-likeness (QED) is 0.648. The van der Waals surface area contributed by atoms with Gasteiger partial charge in [0.1, 0.15) is 0 Å². The van der Waals surface area contributed by atoms with E-state index in [9.17, 15) is 4.79 Å². The van der Waals surface area contributed by atoms with Gasteiger partial charge in [-0.05, 0) is 6.42 Å². The van der Waals surface area contributed by atoms with Gasteiger partial charge in [-0.2, -0.15) is 0 Å². The molecule has 0 aliphatic heterocycles. The van der Waals surface area contributed by atoms with E-state index in [1.54, 1.807) is 12.5 Å². The SMILES string of the molecule is CCCCCCCCNC(=O)Cc1cnc[nH]1. The Hall–Kier alpha value is -1.32. The monoisotopic (exact) mass is 237 g/mol. The van der Waals surface area contributed by atoms with Gasteiger partial charge in [-0.25, -0.2) is 4.98 Å². The Kier molecular flexibility index (Phi) is 7.11. The average molecular weight is 237 g/mol. The van der Waals surface area contributed by atoms with Crippen LogP contribution in [0, 0.1) is 0 Å². The van der Waals surface area contributed by atoms with Gasteiger partial charge in [-0.3, -0.25) is 4.79 Å². The van der Waals surface area contributed by atoms with Crippen LogP contribution in [0.5, 0.6) is 0 Å². The summed E-state index contributed by atoms with van der Waals surface area (Å²) in [4.78, 5) is 18.3. The largest absolute Gasteiger partial charge is 0.356 e. The molecule has 1 aromatic rings. The second-order valence-electron chi connectivity index (χ2n) is 4.37. The van der Waals surface area contributed by atoms with E-state index in [1.807, 2.05) is 0 Å². The summed E-state index contributed by atoms with van der Waals surface area (Å²) in [6, 6.07) is 0. The highest BCUT2D eigenvalue weighted by Crippen LogP contribution is 2.04. The maximum atomic E-state index is 11.5. The molecular weight excluding hydrogens is 214 g/mol. The van der Waals surface area contributed by atoms with Gasteiger partial charge < -0.3 is 10.3 Å². The Balaban J connectivity index is 1.94. The van der Waals surface area contributed by atoms with Gasteiger partial charge in [0.15, 0.2) is 0 Å². The summed E-state index contributed by atoms with van der Waals surface area (Å²) >= 11 is 0. The number of carbonyl (C=O) groups excluding carboxylic acids is 1. The van der Waals surface area contributed by atoms with Gasteiger partial charge in [0.25, 0.3) is 0 Å². The molecule has 0 fully saturated rings. The van der Waals surface area contributed by atoms with Crippen LogP contribution in [-0.4, -0.2) is 22.4 Å². The molecule has 0 saturated heterocycles. The molecule has 0 atom stereocenters. The molecule has 0 aliphatic rings. The second-order valence-corrected chi connectivity index (χ2v) is 4.37. The highest BCUT2D eigenvalue weighted by molar-refractivity contribution is 5.77. The van der Waals surface area contributed by atoms with Crippen LogP contribution in [0.15, 0.2) is 12.5 Å². The molecule has 1 amide bonds. The van der Waals surface area contributed by atoms with Gasteiger partial charge >= 0.3 is 0 Å². The summed E-state index contributed by atoms with van der Waals surface area (Å²) in [5.74, 6) is 0.0720. The smallest absolute Gasteiger partial charge is 0.225 e. The molecule has 0 spiro atoms. The van der Waals surface area contributed by atoms with Gasteiger partial charge in [0.2, 0.25) is 5.91 Å². The molecule has 1 aromatic heterocycles. The van der Waals surface area contributed by atoms with Crippen molar-refractivity contribution in [1.82, 2.24) is 15.3 Å². The van der Waals surface area contributed by atoms with Gasteiger partial charge in [0.05, 0.1) is 12.7 Å². The third-order valence-corrected chi connectivity index (χ3v) is 2.76. The molecule has 1 heterocycles. The summed E-state index contributed by atoms with van der Waals surface area (Å²) in [5.41, 5.74) is 0.866. The minimum atomic E-state index is 0.0720. The molecule has 0 saturated carbocycles. The number of carbonyl (C=O) groups is 1. The summed E-state index contributed by atoms with van der Waals surface area (Å²) < 4.78 is 0. The van der Waals surface area contributed by atoms with E-state index < -0.39 is 0 Å². The van der Waals surface area contributed by atoms with Crippen LogP contribution in [-0.2, 0) is 11.2 Å². The molecule has 0 unspecified atom stereocenters. The molecule has 0 aliphatic carbocycles. The predicted molar refractivity (Wildman–Crippen MR) is 68.7 cm³/mol. The molecule has 0 bridgehead atoms. The highest BCUT2D eigenvalue weighted by Gasteiger charge is 2.02. The van der Waals surface area contributed by atoms with Crippen LogP contribution in [0.1, 0.15) is 51.1 Å². The summed E-state index contributed by atoms with van der Waals surface area (Å²) in [5, 5.41) is 2.93. The fourth-order valence-electron chi connectivity index (χ4n) is 1.75. The standard InChI is InChI=1S/C13H23N3O/c1-2-3-4-5-6-7-8-15-13(17)9-12-10-14-11-16-12/h10-11H,2-9H2,1H3,(H,14,16)(H,15,17). The zero-order valence-electron chi connectivity index (χ0n) is 10.7. The van der Waals surface area contributed by atoms with Crippen molar-refractivity contribution in [2.45, 2.75) is 51.9 Å². The summed E-state index contributed by atoms with van der Waals surface area (Å²) in [6.07, 6.45) is 11.2. The lowest BCUT2D eigenvalue weighted by Gasteiger charge is -2.04. The second kappa shape index (κ2) is 8.79. The lowest BCUT2D eigenvalue weighted by Crippen LogP contribution is -2.26.